The van der Waals surface area contributed by atoms with Crippen molar-refractivity contribution in [2.75, 3.05) is 4.90 Å². The van der Waals surface area contributed by atoms with Crippen LogP contribution in [0.1, 0.15) is 36.8 Å². The van der Waals surface area contributed by atoms with Gasteiger partial charge >= 0.3 is 5.97 Å². The highest BCUT2D eigenvalue weighted by Crippen LogP contribution is 2.53. The molecule has 2 aliphatic rings. The van der Waals surface area contributed by atoms with Crippen molar-refractivity contribution in [1.29, 1.82) is 0 Å². The largest absolute Gasteiger partial charge is 0.433 e. The van der Waals surface area contributed by atoms with Crippen LogP contribution in [0.5, 0.6) is 0 Å². The fourth-order valence-corrected chi connectivity index (χ4v) is 4.76. The predicted molar refractivity (Wildman–Crippen MR) is 140 cm³/mol. The number of aromatic nitrogens is 4. The smallest absolute Gasteiger partial charge is 0.372 e. The normalized spacial score (nSPS) is 17.0. The number of halogens is 4. The van der Waals surface area contributed by atoms with Crippen molar-refractivity contribution in [3.63, 3.8) is 0 Å². The first-order valence-electron chi connectivity index (χ1n) is 12.3. The van der Waals surface area contributed by atoms with Gasteiger partial charge in [0.05, 0.1) is 23.3 Å². The number of pyridine rings is 2. The van der Waals surface area contributed by atoms with Gasteiger partial charge in [0, 0.05) is 30.2 Å². The first kappa shape index (κ1) is 29.6. The summed E-state index contributed by atoms with van der Waals surface area (Å²) in [6.45, 7) is 6.94. The summed E-state index contributed by atoms with van der Waals surface area (Å²) in [7, 11) is 0. The lowest BCUT2D eigenvalue weighted by Crippen LogP contribution is -2.43. The minimum absolute atomic E-state index is 0.0108. The first-order chi connectivity index (χ1) is 19.6. The highest BCUT2D eigenvalue weighted by molar-refractivity contribution is 6.33. The number of allylic oxidation sites excluding steroid dienone is 3. The maximum Gasteiger partial charge on any atom is 0.372 e. The molecule has 220 valence electrons. The van der Waals surface area contributed by atoms with Crippen molar-refractivity contribution < 1.29 is 43.4 Å². The molecule has 5 N–H and O–H groups in total. The van der Waals surface area contributed by atoms with Crippen molar-refractivity contribution in [3.05, 3.63) is 100 Å². The van der Waals surface area contributed by atoms with E-state index >= 15 is 4.39 Å². The quantitative estimate of drug-likeness (QED) is 0.251. The molecule has 1 saturated carbocycles. The third-order valence-corrected chi connectivity index (χ3v) is 7.32. The molecule has 0 saturated heterocycles. The molecular weight excluding hydrogens is 583 g/mol. The van der Waals surface area contributed by atoms with Gasteiger partial charge in [0.25, 0.3) is 5.97 Å². The van der Waals surface area contributed by atoms with Crippen LogP contribution in [-0.4, -0.2) is 51.4 Å². The molecule has 0 radical (unpaired) electrons. The Morgan fingerprint density at radius 3 is 2.36 bits per heavy atom. The second-order valence-electron chi connectivity index (χ2n) is 9.88. The van der Waals surface area contributed by atoms with Gasteiger partial charge in [-0.2, -0.15) is 0 Å². The lowest BCUT2D eigenvalue weighted by atomic mass is 10.0. The first-order valence-corrected chi connectivity index (χ1v) is 12.6. The molecular formula is C27H23ClF3N5O6. The molecule has 1 aliphatic carbocycles. The number of rotatable bonds is 7. The van der Waals surface area contributed by atoms with Crippen LogP contribution in [0, 0.1) is 24.4 Å². The van der Waals surface area contributed by atoms with E-state index in [0.717, 1.165) is 0 Å². The Balaban J connectivity index is 1.51. The van der Waals surface area contributed by atoms with Crippen LogP contribution in [0.25, 0.3) is 11.4 Å². The van der Waals surface area contributed by atoms with Crippen LogP contribution in [0.15, 0.2) is 65.6 Å². The Bertz CT molecular complexity index is 1690. The Labute approximate surface area is 241 Å². The standard InChI is InChI=1S/C27H23ClF3N5O6/c1-12-10-33-21(17-4-7-32-24(35-17)25(5-6-25)27(39,40)41)20(31)22(12)36-13(2)8-18(19(28)14(36)3)42-26(37,38)23-16(30)9-15(29)11-34-23/h4,7-11,37-41H,3,5-6H2,1-2H3. The number of hydrogen-bond donors (Lipinski definition) is 5. The van der Waals surface area contributed by atoms with E-state index < -0.39 is 40.5 Å². The second-order valence-corrected chi connectivity index (χ2v) is 10.3. The molecule has 0 atom stereocenters. The zero-order chi connectivity index (χ0) is 30.8. The van der Waals surface area contributed by atoms with Crippen molar-refractivity contribution in [1.82, 2.24) is 19.9 Å². The van der Waals surface area contributed by atoms with E-state index in [9.17, 15) is 34.3 Å². The molecule has 1 fully saturated rings. The van der Waals surface area contributed by atoms with Gasteiger partial charge in [-0.15, -0.1) is 0 Å². The van der Waals surface area contributed by atoms with Gasteiger partial charge in [-0.1, -0.05) is 18.2 Å². The number of hydrogen-bond acceptors (Lipinski definition) is 11. The molecule has 4 heterocycles. The van der Waals surface area contributed by atoms with E-state index in [1.54, 1.807) is 6.92 Å². The van der Waals surface area contributed by atoms with E-state index in [0.29, 0.717) is 17.8 Å². The van der Waals surface area contributed by atoms with Crippen LogP contribution in [0.3, 0.4) is 0 Å². The van der Waals surface area contributed by atoms with Gasteiger partial charge < -0.3 is 35.2 Å². The zero-order valence-corrected chi connectivity index (χ0v) is 22.7. The van der Waals surface area contributed by atoms with E-state index in [-0.39, 0.29) is 57.9 Å². The predicted octanol–water partition coefficient (Wildman–Crippen LogP) is 2.82. The van der Waals surface area contributed by atoms with Crippen LogP contribution < -0.4 is 4.90 Å². The van der Waals surface area contributed by atoms with Gasteiger partial charge in [-0.3, -0.25) is 4.98 Å². The fraction of sp³-hybridized carbons (Fsp3) is 0.259. The summed E-state index contributed by atoms with van der Waals surface area (Å²) in [6, 6.07) is 1.74. The second kappa shape index (κ2) is 10.1. The zero-order valence-electron chi connectivity index (χ0n) is 22.0. The number of anilines is 1. The van der Waals surface area contributed by atoms with Crippen LogP contribution in [-0.2, 0) is 16.1 Å². The monoisotopic (exact) mass is 605 g/mol. The van der Waals surface area contributed by atoms with Crippen LogP contribution >= 0.6 is 11.6 Å². The third kappa shape index (κ3) is 4.91. The summed E-state index contributed by atoms with van der Waals surface area (Å²) >= 11 is 6.43. The van der Waals surface area contributed by atoms with Gasteiger partial charge in [0.2, 0.25) is 0 Å². The van der Waals surface area contributed by atoms with Gasteiger partial charge in [-0.25, -0.2) is 28.1 Å². The molecule has 11 nitrogen and oxygen atoms in total. The summed E-state index contributed by atoms with van der Waals surface area (Å²) in [5.41, 5.74) is -2.36. The minimum atomic E-state index is -3.36. The van der Waals surface area contributed by atoms with E-state index in [1.165, 1.54) is 36.4 Å². The van der Waals surface area contributed by atoms with Crippen LogP contribution in [0.2, 0.25) is 0 Å². The Morgan fingerprint density at radius 2 is 1.74 bits per heavy atom. The number of nitrogens with zero attached hydrogens (tertiary/aromatic N) is 5. The maximum atomic E-state index is 16.2. The van der Waals surface area contributed by atoms with E-state index in [4.69, 9.17) is 16.3 Å². The van der Waals surface area contributed by atoms with Crippen molar-refractivity contribution in [2.24, 2.45) is 0 Å². The molecule has 0 amide bonds. The molecule has 5 rings (SSSR count). The lowest BCUT2D eigenvalue weighted by molar-refractivity contribution is -0.335. The summed E-state index contributed by atoms with van der Waals surface area (Å²) < 4.78 is 48.7. The molecule has 0 aromatic carbocycles. The molecule has 0 unspecified atom stereocenters. The Kier molecular flexibility index (Phi) is 7.12. The highest BCUT2D eigenvalue weighted by Gasteiger charge is 2.62. The Morgan fingerprint density at radius 1 is 1.05 bits per heavy atom. The molecule has 3 aromatic rings. The van der Waals surface area contributed by atoms with Gasteiger partial charge in [-0.05, 0) is 38.3 Å². The van der Waals surface area contributed by atoms with Crippen molar-refractivity contribution >= 4 is 17.3 Å². The van der Waals surface area contributed by atoms with Crippen molar-refractivity contribution in [2.45, 2.75) is 44.1 Å². The fourth-order valence-electron chi connectivity index (χ4n) is 4.59. The number of aliphatic hydroxyl groups is 5. The average molecular weight is 606 g/mol. The highest BCUT2D eigenvalue weighted by atomic mass is 35.5. The Hall–Kier alpha value is -3.92. The summed E-state index contributed by atoms with van der Waals surface area (Å²) in [4.78, 5) is 17.1. The summed E-state index contributed by atoms with van der Waals surface area (Å²) in [6.07, 6.45) is 4.78. The topological polar surface area (TPSA) is 165 Å². The molecule has 0 bridgehead atoms. The van der Waals surface area contributed by atoms with Gasteiger partial charge in [0.15, 0.2) is 17.3 Å². The van der Waals surface area contributed by atoms with Crippen molar-refractivity contribution in [3.8, 4) is 11.4 Å². The minimum Gasteiger partial charge on any atom is -0.433 e. The summed E-state index contributed by atoms with van der Waals surface area (Å²) in [5.74, 6) is -10.2. The maximum absolute atomic E-state index is 16.2. The molecule has 0 spiro atoms. The van der Waals surface area contributed by atoms with Gasteiger partial charge in [0.1, 0.15) is 33.5 Å². The van der Waals surface area contributed by atoms with E-state index in [1.807, 2.05) is 0 Å². The lowest BCUT2D eigenvalue weighted by Gasteiger charge is -2.34. The van der Waals surface area contributed by atoms with Crippen LogP contribution in [0.4, 0.5) is 18.9 Å². The average Bonchev–Trinajstić information content (AvgIpc) is 3.71. The SMILES string of the molecule is C=C1C(Cl)=C(OC(O)(O)c2ncc(F)cc2F)C=C(C)N1c1c(C)cnc(-c2ccnc(C3(C(O)(O)O)CC3)n2)c1F. The molecule has 1 aliphatic heterocycles. The molecule has 15 heteroatoms. The molecule has 3 aromatic heterocycles. The molecule has 42 heavy (non-hydrogen) atoms. The number of ether oxygens (including phenoxy) is 1. The third-order valence-electron chi connectivity index (χ3n) is 6.92. The van der Waals surface area contributed by atoms with E-state index in [2.05, 4.69) is 26.5 Å². The summed E-state index contributed by atoms with van der Waals surface area (Å²) in [5, 5.41) is 49.9. The number of aryl methyl sites for hydroxylation is 1.